The van der Waals surface area contributed by atoms with E-state index in [1.807, 2.05) is 32.0 Å². The second-order valence-electron chi connectivity index (χ2n) is 7.85. The van der Waals surface area contributed by atoms with Crippen LogP contribution in [0.1, 0.15) is 54.7 Å². The van der Waals surface area contributed by atoms with Crippen LogP contribution in [0.15, 0.2) is 39.3 Å². The summed E-state index contributed by atoms with van der Waals surface area (Å²) in [6.07, 6.45) is 2.29. The third kappa shape index (κ3) is 5.97. The number of nitrogens with zero attached hydrogens (tertiary/aromatic N) is 2. The Hall–Kier alpha value is -2.33. The standard InChI is InChI=1S/C24H30N2O5S2/c1-5-8-22-25-19(6-2)13-23(27)26(22)14-17-9-10-20(18(12-17)15-31-7-3)21-11-16(4)32-24(21)33(28,29)30/h9-13H,5-8,14-15H2,1-4H3,(H,28,29,30). The van der Waals surface area contributed by atoms with Crippen LogP contribution in [-0.2, 0) is 40.8 Å². The molecule has 0 atom stereocenters. The normalized spacial score (nSPS) is 11.8. The molecule has 0 aliphatic rings. The second kappa shape index (κ2) is 10.7. The van der Waals surface area contributed by atoms with Crippen molar-refractivity contribution in [2.24, 2.45) is 0 Å². The van der Waals surface area contributed by atoms with Gasteiger partial charge in [0.25, 0.3) is 5.56 Å². The highest BCUT2D eigenvalue weighted by Crippen LogP contribution is 2.37. The maximum absolute atomic E-state index is 12.8. The maximum atomic E-state index is 12.8. The zero-order valence-electron chi connectivity index (χ0n) is 19.4. The lowest BCUT2D eigenvalue weighted by Gasteiger charge is -2.16. The van der Waals surface area contributed by atoms with Crippen molar-refractivity contribution in [2.45, 2.75) is 64.3 Å². The van der Waals surface area contributed by atoms with Gasteiger partial charge < -0.3 is 4.74 Å². The lowest BCUT2D eigenvalue weighted by Crippen LogP contribution is -2.26. The predicted octanol–water partition coefficient (Wildman–Crippen LogP) is 4.63. The predicted molar refractivity (Wildman–Crippen MR) is 131 cm³/mol. The minimum absolute atomic E-state index is 0.0775. The van der Waals surface area contributed by atoms with Gasteiger partial charge in [-0.15, -0.1) is 11.3 Å². The van der Waals surface area contributed by atoms with Crippen molar-refractivity contribution in [3.8, 4) is 11.1 Å². The molecule has 2 heterocycles. The van der Waals surface area contributed by atoms with Crippen molar-refractivity contribution in [3.63, 3.8) is 0 Å². The molecule has 0 aliphatic carbocycles. The molecule has 2 aromatic heterocycles. The lowest BCUT2D eigenvalue weighted by atomic mass is 9.99. The first kappa shape index (κ1) is 25.3. The molecule has 33 heavy (non-hydrogen) atoms. The first-order chi connectivity index (χ1) is 15.7. The largest absolute Gasteiger partial charge is 0.377 e. The van der Waals surface area contributed by atoms with Crippen molar-refractivity contribution in [3.05, 3.63) is 68.2 Å². The van der Waals surface area contributed by atoms with Crippen LogP contribution in [0.5, 0.6) is 0 Å². The van der Waals surface area contributed by atoms with Crippen molar-refractivity contribution < 1.29 is 17.7 Å². The summed E-state index contributed by atoms with van der Waals surface area (Å²) in [5.74, 6) is 0.763. The monoisotopic (exact) mass is 490 g/mol. The van der Waals surface area contributed by atoms with E-state index in [4.69, 9.17) is 4.74 Å². The van der Waals surface area contributed by atoms with E-state index in [0.717, 1.165) is 45.3 Å². The zero-order valence-corrected chi connectivity index (χ0v) is 21.1. The van der Waals surface area contributed by atoms with Crippen molar-refractivity contribution in [1.82, 2.24) is 9.55 Å². The van der Waals surface area contributed by atoms with E-state index in [-0.39, 0.29) is 16.4 Å². The molecule has 0 fully saturated rings. The van der Waals surface area contributed by atoms with Gasteiger partial charge in [-0.25, -0.2) is 4.98 Å². The third-order valence-corrected chi connectivity index (χ3v) is 7.71. The van der Waals surface area contributed by atoms with E-state index in [9.17, 15) is 17.8 Å². The first-order valence-corrected chi connectivity index (χ1v) is 13.3. The molecule has 9 heteroatoms. The van der Waals surface area contributed by atoms with Crippen LogP contribution in [0.2, 0.25) is 0 Å². The summed E-state index contributed by atoms with van der Waals surface area (Å²) in [7, 11) is -4.36. The topological polar surface area (TPSA) is 98.5 Å². The molecule has 0 saturated carbocycles. The summed E-state index contributed by atoms with van der Waals surface area (Å²) in [6, 6.07) is 8.98. The van der Waals surface area contributed by atoms with Gasteiger partial charge in [0.05, 0.1) is 13.2 Å². The molecule has 0 aliphatic heterocycles. The van der Waals surface area contributed by atoms with Crippen molar-refractivity contribution in [2.75, 3.05) is 6.61 Å². The van der Waals surface area contributed by atoms with Crippen molar-refractivity contribution in [1.29, 1.82) is 0 Å². The molecule has 3 rings (SSSR count). The van der Waals surface area contributed by atoms with Crippen LogP contribution in [-0.4, -0.2) is 29.1 Å². The molecular weight excluding hydrogens is 460 g/mol. The molecular formula is C24H30N2O5S2. The summed E-state index contributed by atoms with van der Waals surface area (Å²) < 4.78 is 40.9. The number of benzene rings is 1. The minimum atomic E-state index is -4.36. The molecule has 1 N–H and O–H groups in total. The smallest absolute Gasteiger partial charge is 0.304 e. The summed E-state index contributed by atoms with van der Waals surface area (Å²) in [5.41, 5.74) is 3.53. The number of rotatable bonds is 10. The molecule has 0 saturated heterocycles. The van der Waals surface area contributed by atoms with E-state index in [1.54, 1.807) is 23.6 Å². The molecule has 0 radical (unpaired) electrons. The number of hydrogen-bond acceptors (Lipinski definition) is 6. The Bertz CT molecular complexity index is 1290. The van der Waals surface area contributed by atoms with Gasteiger partial charge in [-0.1, -0.05) is 32.0 Å². The van der Waals surface area contributed by atoms with Gasteiger partial charge in [0.1, 0.15) is 5.82 Å². The molecule has 1 aromatic carbocycles. The second-order valence-corrected chi connectivity index (χ2v) is 10.7. The molecule has 0 spiro atoms. The van der Waals surface area contributed by atoms with E-state index in [2.05, 4.69) is 11.9 Å². The maximum Gasteiger partial charge on any atom is 0.304 e. The Kier molecular flexibility index (Phi) is 8.23. The van der Waals surface area contributed by atoms with Crippen LogP contribution in [0, 0.1) is 6.92 Å². The van der Waals surface area contributed by atoms with Gasteiger partial charge in [-0.2, -0.15) is 8.42 Å². The SMILES string of the molecule is CCCc1nc(CC)cc(=O)n1Cc1ccc(-c2cc(C)sc2S(=O)(=O)O)c(COCC)c1. The molecule has 0 bridgehead atoms. The van der Waals surface area contributed by atoms with E-state index < -0.39 is 10.1 Å². The fourth-order valence-electron chi connectivity index (χ4n) is 3.77. The van der Waals surface area contributed by atoms with Gasteiger partial charge in [-0.05, 0) is 49.4 Å². The van der Waals surface area contributed by atoms with Gasteiger partial charge in [0.2, 0.25) is 0 Å². The van der Waals surface area contributed by atoms with Crippen molar-refractivity contribution >= 4 is 21.5 Å². The molecule has 178 valence electrons. The quantitative estimate of drug-likeness (QED) is 0.416. The number of thiophene rings is 1. The van der Waals surface area contributed by atoms with E-state index in [1.165, 1.54) is 0 Å². The Labute approximate surface area is 198 Å². The highest BCUT2D eigenvalue weighted by atomic mass is 32.3. The summed E-state index contributed by atoms with van der Waals surface area (Å²) in [5, 5.41) is 0. The third-order valence-electron chi connectivity index (χ3n) is 5.29. The number of hydrogen-bond donors (Lipinski definition) is 1. The summed E-state index contributed by atoms with van der Waals surface area (Å²) in [6.45, 7) is 8.86. The zero-order chi connectivity index (χ0) is 24.2. The highest BCUT2D eigenvalue weighted by Gasteiger charge is 2.22. The Morgan fingerprint density at radius 3 is 2.52 bits per heavy atom. The van der Waals surface area contributed by atoms with E-state index >= 15 is 0 Å². The van der Waals surface area contributed by atoms with Crippen LogP contribution in [0.3, 0.4) is 0 Å². The number of aryl methyl sites for hydroxylation is 3. The average molecular weight is 491 g/mol. The van der Waals surface area contributed by atoms with Gasteiger partial charge in [0, 0.05) is 35.2 Å². The average Bonchev–Trinajstić information content (AvgIpc) is 3.16. The Morgan fingerprint density at radius 1 is 1.12 bits per heavy atom. The molecule has 0 amide bonds. The van der Waals surface area contributed by atoms with Crippen LogP contribution in [0.4, 0.5) is 0 Å². The van der Waals surface area contributed by atoms with Gasteiger partial charge in [-0.3, -0.25) is 13.9 Å². The fourth-order valence-corrected chi connectivity index (χ4v) is 5.78. The summed E-state index contributed by atoms with van der Waals surface area (Å²) >= 11 is 1.04. The van der Waals surface area contributed by atoms with E-state index in [0.29, 0.717) is 37.1 Å². The first-order valence-electron chi connectivity index (χ1n) is 11.0. The Morgan fingerprint density at radius 2 is 1.88 bits per heavy atom. The minimum Gasteiger partial charge on any atom is -0.377 e. The number of ether oxygens (including phenoxy) is 1. The number of aromatic nitrogens is 2. The summed E-state index contributed by atoms with van der Waals surface area (Å²) in [4.78, 5) is 18.2. The highest BCUT2D eigenvalue weighted by molar-refractivity contribution is 7.88. The molecule has 7 nitrogen and oxygen atoms in total. The van der Waals surface area contributed by atoms with Gasteiger partial charge >= 0.3 is 10.1 Å². The fraction of sp³-hybridized carbons (Fsp3) is 0.417. The lowest BCUT2D eigenvalue weighted by molar-refractivity contribution is 0.134. The molecule has 0 unspecified atom stereocenters. The van der Waals surface area contributed by atoms with Crippen LogP contribution in [0.25, 0.3) is 11.1 Å². The van der Waals surface area contributed by atoms with Crippen LogP contribution < -0.4 is 5.56 Å². The van der Waals surface area contributed by atoms with Crippen LogP contribution >= 0.6 is 11.3 Å². The van der Waals surface area contributed by atoms with Gasteiger partial charge in [0.15, 0.2) is 4.21 Å². The Balaban J connectivity index is 2.09. The molecule has 3 aromatic rings.